The van der Waals surface area contributed by atoms with E-state index in [2.05, 4.69) is 22.4 Å². The maximum absolute atomic E-state index is 5.72. The number of aromatic nitrogens is 3. The Bertz CT molecular complexity index is 525. The van der Waals surface area contributed by atoms with Crippen LogP contribution in [0, 0.1) is 0 Å². The summed E-state index contributed by atoms with van der Waals surface area (Å²) in [5.41, 5.74) is 4.78. The molecule has 0 radical (unpaired) electrons. The second-order valence-electron chi connectivity index (χ2n) is 4.20. The Morgan fingerprint density at radius 2 is 2.26 bits per heavy atom. The Balaban J connectivity index is 2.41. The van der Waals surface area contributed by atoms with Crippen molar-refractivity contribution in [3.05, 3.63) is 42.0 Å². The monoisotopic (exact) mass is 261 g/mol. The van der Waals surface area contributed by atoms with Crippen molar-refractivity contribution in [2.45, 2.75) is 25.9 Å². The van der Waals surface area contributed by atoms with E-state index in [1.54, 1.807) is 25.7 Å². The zero-order valence-corrected chi connectivity index (χ0v) is 11.2. The van der Waals surface area contributed by atoms with Gasteiger partial charge >= 0.3 is 0 Å². The topological polar surface area (TPSA) is 78.0 Å². The molecule has 0 spiro atoms. The van der Waals surface area contributed by atoms with Gasteiger partial charge in [0.25, 0.3) is 0 Å². The summed E-state index contributed by atoms with van der Waals surface area (Å²) in [7, 11) is 1.62. The highest BCUT2D eigenvalue weighted by Gasteiger charge is 2.20. The van der Waals surface area contributed by atoms with Crippen molar-refractivity contribution in [2.75, 3.05) is 7.11 Å². The lowest BCUT2D eigenvalue weighted by Gasteiger charge is -2.19. The number of hydrogen-bond donors (Lipinski definition) is 2. The van der Waals surface area contributed by atoms with Crippen molar-refractivity contribution in [1.82, 2.24) is 20.2 Å². The van der Waals surface area contributed by atoms with Gasteiger partial charge in [-0.3, -0.25) is 15.5 Å². The number of nitrogens with two attached hydrogens (primary N) is 1. The third-order valence-corrected chi connectivity index (χ3v) is 2.99. The number of ether oxygens (including phenoxy) is 1. The maximum Gasteiger partial charge on any atom is 0.142 e. The van der Waals surface area contributed by atoms with Crippen molar-refractivity contribution in [3.8, 4) is 5.75 Å². The number of hydrazine groups is 1. The quantitative estimate of drug-likeness (QED) is 0.604. The number of nitrogens with one attached hydrogen (secondary N) is 1. The molecule has 1 unspecified atom stereocenters. The minimum atomic E-state index is -0.174. The number of pyridine rings is 1. The van der Waals surface area contributed by atoms with Gasteiger partial charge in [0.2, 0.25) is 0 Å². The summed E-state index contributed by atoms with van der Waals surface area (Å²) < 4.78 is 7.29. The number of methoxy groups -OCH3 is 1. The van der Waals surface area contributed by atoms with Gasteiger partial charge in [-0.25, -0.2) is 5.43 Å². The highest BCUT2D eigenvalue weighted by atomic mass is 16.5. The van der Waals surface area contributed by atoms with Crippen LogP contribution in [0.2, 0.25) is 0 Å². The number of nitrogens with zero attached hydrogens (tertiary/aromatic N) is 3. The molecule has 6 heteroatoms. The summed E-state index contributed by atoms with van der Waals surface area (Å²) in [5, 5.41) is 4.32. The van der Waals surface area contributed by atoms with E-state index in [1.807, 2.05) is 16.8 Å². The normalized spacial score (nSPS) is 12.4. The molecular weight excluding hydrogens is 242 g/mol. The van der Waals surface area contributed by atoms with Gasteiger partial charge in [-0.05, 0) is 18.6 Å². The molecular formula is C13H19N5O. The molecule has 2 heterocycles. The summed E-state index contributed by atoms with van der Waals surface area (Å²) in [6, 6.07) is 3.68. The molecule has 0 bridgehead atoms. The summed E-state index contributed by atoms with van der Waals surface area (Å²) in [6.07, 6.45) is 6.20. The molecule has 2 aromatic heterocycles. The second kappa shape index (κ2) is 6.31. The molecule has 0 aliphatic carbocycles. The third kappa shape index (κ3) is 2.74. The van der Waals surface area contributed by atoms with Crippen molar-refractivity contribution < 1.29 is 4.74 Å². The van der Waals surface area contributed by atoms with Crippen LogP contribution in [0.5, 0.6) is 5.75 Å². The fourth-order valence-corrected chi connectivity index (χ4v) is 2.12. The molecule has 0 aliphatic rings. The average Bonchev–Trinajstić information content (AvgIpc) is 2.89. The predicted octanol–water partition coefficient (Wildman–Crippen LogP) is 1.25. The molecule has 3 N–H and O–H groups in total. The molecule has 0 fully saturated rings. The largest absolute Gasteiger partial charge is 0.495 e. The van der Waals surface area contributed by atoms with Crippen LogP contribution < -0.4 is 16.0 Å². The van der Waals surface area contributed by atoms with Crippen molar-refractivity contribution in [2.24, 2.45) is 5.84 Å². The standard InChI is InChI=1S/C13H19N5O/c1-3-8-18-11(5-7-16-18)13(17-14)10-4-6-15-9-12(10)19-2/h4-7,9,13,17H,3,8,14H2,1-2H3. The first kappa shape index (κ1) is 13.5. The molecule has 2 aromatic rings. The Hall–Kier alpha value is -1.92. The zero-order valence-electron chi connectivity index (χ0n) is 11.2. The second-order valence-corrected chi connectivity index (χ2v) is 4.20. The van der Waals surface area contributed by atoms with Gasteiger partial charge in [0.15, 0.2) is 0 Å². The molecule has 0 aromatic carbocycles. The number of hydrogen-bond acceptors (Lipinski definition) is 5. The third-order valence-electron chi connectivity index (χ3n) is 2.99. The fourth-order valence-electron chi connectivity index (χ4n) is 2.12. The van der Waals surface area contributed by atoms with Gasteiger partial charge in [-0.1, -0.05) is 6.92 Å². The van der Waals surface area contributed by atoms with Crippen LogP contribution >= 0.6 is 0 Å². The molecule has 6 nitrogen and oxygen atoms in total. The van der Waals surface area contributed by atoms with Crippen molar-refractivity contribution >= 4 is 0 Å². The van der Waals surface area contributed by atoms with Crippen LogP contribution in [-0.2, 0) is 6.54 Å². The SMILES string of the molecule is CCCn1nccc1C(NN)c1ccncc1OC. The molecule has 0 saturated heterocycles. The maximum atomic E-state index is 5.72. The fraction of sp³-hybridized carbons (Fsp3) is 0.385. The summed E-state index contributed by atoms with van der Waals surface area (Å²) in [5.74, 6) is 6.42. The van der Waals surface area contributed by atoms with E-state index in [9.17, 15) is 0 Å². The van der Waals surface area contributed by atoms with E-state index in [-0.39, 0.29) is 6.04 Å². The van der Waals surface area contributed by atoms with E-state index in [4.69, 9.17) is 10.6 Å². The van der Waals surface area contributed by atoms with Crippen molar-refractivity contribution in [1.29, 1.82) is 0 Å². The summed E-state index contributed by atoms with van der Waals surface area (Å²) >= 11 is 0. The zero-order chi connectivity index (χ0) is 13.7. The average molecular weight is 261 g/mol. The van der Waals surface area contributed by atoms with Crippen LogP contribution in [0.4, 0.5) is 0 Å². The van der Waals surface area contributed by atoms with Crippen LogP contribution in [-0.4, -0.2) is 21.9 Å². The highest BCUT2D eigenvalue weighted by molar-refractivity contribution is 5.37. The first-order valence-electron chi connectivity index (χ1n) is 6.27. The van der Waals surface area contributed by atoms with Gasteiger partial charge in [-0.2, -0.15) is 5.10 Å². The van der Waals surface area contributed by atoms with Crippen LogP contribution in [0.3, 0.4) is 0 Å². The van der Waals surface area contributed by atoms with Crippen LogP contribution in [0.15, 0.2) is 30.7 Å². The lowest BCUT2D eigenvalue weighted by Crippen LogP contribution is -2.31. The number of aryl methyl sites for hydroxylation is 1. The molecule has 0 aliphatic heterocycles. The minimum absolute atomic E-state index is 0.174. The van der Waals surface area contributed by atoms with E-state index >= 15 is 0 Å². The Morgan fingerprint density at radius 1 is 1.42 bits per heavy atom. The van der Waals surface area contributed by atoms with Crippen LogP contribution in [0.1, 0.15) is 30.6 Å². The number of rotatable bonds is 6. The van der Waals surface area contributed by atoms with Gasteiger partial charge < -0.3 is 4.74 Å². The first-order valence-corrected chi connectivity index (χ1v) is 6.27. The minimum Gasteiger partial charge on any atom is -0.495 e. The van der Waals surface area contributed by atoms with E-state index in [0.717, 1.165) is 24.2 Å². The molecule has 0 amide bonds. The Kier molecular flexibility index (Phi) is 4.48. The van der Waals surface area contributed by atoms with Gasteiger partial charge in [0.1, 0.15) is 5.75 Å². The lowest BCUT2D eigenvalue weighted by atomic mass is 10.0. The highest BCUT2D eigenvalue weighted by Crippen LogP contribution is 2.28. The van der Waals surface area contributed by atoms with E-state index < -0.39 is 0 Å². The lowest BCUT2D eigenvalue weighted by molar-refractivity contribution is 0.399. The van der Waals surface area contributed by atoms with E-state index in [0.29, 0.717) is 5.75 Å². The molecule has 2 rings (SSSR count). The van der Waals surface area contributed by atoms with Crippen LogP contribution in [0.25, 0.3) is 0 Å². The predicted molar refractivity (Wildman–Crippen MR) is 72.5 cm³/mol. The Morgan fingerprint density at radius 3 is 2.95 bits per heavy atom. The summed E-state index contributed by atoms with van der Waals surface area (Å²) in [6.45, 7) is 2.97. The van der Waals surface area contributed by atoms with E-state index in [1.165, 1.54) is 0 Å². The van der Waals surface area contributed by atoms with Gasteiger partial charge in [0, 0.05) is 24.5 Å². The smallest absolute Gasteiger partial charge is 0.142 e. The molecule has 0 saturated carbocycles. The first-order chi connectivity index (χ1) is 9.31. The summed E-state index contributed by atoms with van der Waals surface area (Å²) in [4.78, 5) is 4.06. The molecule has 1 atom stereocenters. The van der Waals surface area contributed by atoms with Gasteiger partial charge in [-0.15, -0.1) is 0 Å². The molecule has 102 valence electrons. The molecule has 19 heavy (non-hydrogen) atoms. The van der Waals surface area contributed by atoms with Crippen molar-refractivity contribution in [3.63, 3.8) is 0 Å². The van der Waals surface area contributed by atoms with Gasteiger partial charge in [0.05, 0.1) is 25.0 Å². The Labute approximate surface area is 112 Å².